The number of aliphatic hydroxyl groups excluding tert-OH is 1. The molecule has 0 aromatic carbocycles. The maximum atomic E-state index is 12.0. The molecule has 1 fully saturated rings. The van der Waals surface area contributed by atoms with E-state index in [0.29, 0.717) is 19.8 Å². The number of amides is 1. The van der Waals surface area contributed by atoms with Crippen LogP contribution in [0, 0.1) is 11.8 Å². The minimum Gasteiger partial charge on any atom is -0.396 e. The zero-order chi connectivity index (χ0) is 13.5. The van der Waals surface area contributed by atoms with Gasteiger partial charge in [0.05, 0.1) is 0 Å². The van der Waals surface area contributed by atoms with Crippen LogP contribution in [0.25, 0.3) is 0 Å². The van der Waals surface area contributed by atoms with Crippen LogP contribution in [0.5, 0.6) is 0 Å². The van der Waals surface area contributed by atoms with Crippen LogP contribution < -0.4 is 5.32 Å². The zero-order valence-electron chi connectivity index (χ0n) is 11.0. The first-order chi connectivity index (χ1) is 9.29. The molecule has 0 unspecified atom stereocenters. The fourth-order valence-corrected chi connectivity index (χ4v) is 2.97. The van der Waals surface area contributed by atoms with Crippen LogP contribution >= 0.6 is 11.3 Å². The van der Waals surface area contributed by atoms with Crippen molar-refractivity contribution in [3.05, 3.63) is 22.4 Å². The SMILES string of the molecule is O=C(NC[C@@H](CO)Cc1ccsc1)C1CCOCC1. The van der Waals surface area contributed by atoms with Gasteiger partial charge in [0.15, 0.2) is 0 Å². The first-order valence-corrected chi connectivity index (χ1v) is 7.71. The number of nitrogens with one attached hydrogen (secondary N) is 1. The Labute approximate surface area is 117 Å². The van der Waals surface area contributed by atoms with Crippen molar-refractivity contribution in [3.63, 3.8) is 0 Å². The second kappa shape index (κ2) is 7.62. The molecule has 5 heteroatoms. The minimum absolute atomic E-state index is 0.0780. The summed E-state index contributed by atoms with van der Waals surface area (Å²) in [5.41, 5.74) is 1.23. The van der Waals surface area contributed by atoms with Crippen LogP contribution in [-0.4, -0.2) is 37.4 Å². The van der Waals surface area contributed by atoms with E-state index in [4.69, 9.17) is 4.74 Å². The second-order valence-corrected chi connectivity index (χ2v) is 5.80. The fraction of sp³-hybridized carbons (Fsp3) is 0.643. The van der Waals surface area contributed by atoms with E-state index in [1.165, 1.54) is 5.56 Å². The number of ether oxygens (including phenoxy) is 1. The first kappa shape index (κ1) is 14.5. The van der Waals surface area contributed by atoms with E-state index in [-0.39, 0.29) is 24.3 Å². The summed E-state index contributed by atoms with van der Waals surface area (Å²) in [7, 11) is 0. The third-order valence-electron chi connectivity index (χ3n) is 3.52. The Morgan fingerprint density at radius 2 is 2.32 bits per heavy atom. The number of carbonyl (C=O) groups is 1. The van der Waals surface area contributed by atoms with E-state index < -0.39 is 0 Å². The van der Waals surface area contributed by atoms with Gasteiger partial charge < -0.3 is 15.2 Å². The van der Waals surface area contributed by atoms with Crippen molar-refractivity contribution >= 4 is 17.2 Å². The molecule has 0 spiro atoms. The molecule has 2 N–H and O–H groups in total. The van der Waals surface area contributed by atoms with E-state index in [1.54, 1.807) is 11.3 Å². The Morgan fingerprint density at radius 1 is 1.53 bits per heavy atom. The molecule has 1 aliphatic heterocycles. The van der Waals surface area contributed by atoms with Crippen molar-refractivity contribution in [2.45, 2.75) is 19.3 Å². The molecule has 1 aromatic rings. The van der Waals surface area contributed by atoms with Gasteiger partial charge in [0, 0.05) is 38.2 Å². The average molecular weight is 283 g/mol. The molecule has 4 nitrogen and oxygen atoms in total. The maximum Gasteiger partial charge on any atom is 0.223 e. The normalized spacial score (nSPS) is 18.2. The Hall–Kier alpha value is -0.910. The third kappa shape index (κ3) is 4.60. The van der Waals surface area contributed by atoms with Gasteiger partial charge in [-0.3, -0.25) is 4.79 Å². The lowest BCUT2D eigenvalue weighted by molar-refractivity contribution is -0.128. The summed E-state index contributed by atoms with van der Waals surface area (Å²) >= 11 is 1.66. The fourth-order valence-electron chi connectivity index (χ4n) is 2.29. The van der Waals surface area contributed by atoms with E-state index >= 15 is 0 Å². The van der Waals surface area contributed by atoms with Gasteiger partial charge in [-0.05, 0) is 41.7 Å². The summed E-state index contributed by atoms with van der Waals surface area (Å²) in [6.07, 6.45) is 2.42. The highest BCUT2D eigenvalue weighted by molar-refractivity contribution is 7.07. The van der Waals surface area contributed by atoms with Crippen LogP contribution in [0.4, 0.5) is 0 Å². The highest BCUT2D eigenvalue weighted by atomic mass is 32.1. The van der Waals surface area contributed by atoms with Gasteiger partial charge in [0.25, 0.3) is 0 Å². The second-order valence-electron chi connectivity index (χ2n) is 5.02. The highest BCUT2D eigenvalue weighted by Crippen LogP contribution is 2.15. The summed E-state index contributed by atoms with van der Waals surface area (Å²) in [5, 5.41) is 16.5. The molecular formula is C14H21NO3S. The lowest BCUT2D eigenvalue weighted by Gasteiger charge is -2.22. The Morgan fingerprint density at radius 3 is 2.95 bits per heavy atom. The maximum absolute atomic E-state index is 12.0. The molecule has 19 heavy (non-hydrogen) atoms. The third-order valence-corrected chi connectivity index (χ3v) is 4.25. The van der Waals surface area contributed by atoms with Crippen LogP contribution in [0.1, 0.15) is 18.4 Å². The quantitative estimate of drug-likeness (QED) is 0.830. The Kier molecular flexibility index (Phi) is 5.82. The lowest BCUT2D eigenvalue weighted by Crippen LogP contribution is -2.38. The topological polar surface area (TPSA) is 58.6 Å². The van der Waals surface area contributed by atoms with Gasteiger partial charge in [-0.2, -0.15) is 11.3 Å². The van der Waals surface area contributed by atoms with Crippen molar-refractivity contribution < 1.29 is 14.6 Å². The van der Waals surface area contributed by atoms with E-state index in [1.807, 2.05) is 5.38 Å². The summed E-state index contributed by atoms with van der Waals surface area (Å²) in [6, 6.07) is 2.06. The van der Waals surface area contributed by atoms with E-state index in [0.717, 1.165) is 19.3 Å². The predicted molar refractivity (Wildman–Crippen MR) is 75.2 cm³/mol. The molecule has 1 aromatic heterocycles. The number of hydrogen-bond acceptors (Lipinski definition) is 4. The lowest BCUT2D eigenvalue weighted by atomic mass is 9.98. The Balaban J connectivity index is 1.74. The molecule has 0 radical (unpaired) electrons. The molecule has 0 bridgehead atoms. The van der Waals surface area contributed by atoms with Crippen LogP contribution in [-0.2, 0) is 16.0 Å². The molecule has 0 saturated carbocycles. The van der Waals surface area contributed by atoms with Gasteiger partial charge >= 0.3 is 0 Å². The minimum atomic E-state index is 0.0780. The molecule has 1 atom stereocenters. The zero-order valence-corrected chi connectivity index (χ0v) is 11.8. The molecule has 2 rings (SSSR count). The van der Waals surface area contributed by atoms with Crippen molar-refractivity contribution in [2.24, 2.45) is 11.8 Å². The number of hydrogen-bond donors (Lipinski definition) is 2. The highest BCUT2D eigenvalue weighted by Gasteiger charge is 2.22. The van der Waals surface area contributed by atoms with E-state index in [9.17, 15) is 9.90 Å². The van der Waals surface area contributed by atoms with Crippen LogP contribution in [0.15, 0.2) is 16.8 Å². The molecule has 1 saturated heterocycles. The van der Waals surface area contributed by atoms with Gasteiger partial charge in [-0.1, -0.05) is 0 Å². The Bertz CT molecular complexity index is 374. The van der Waals surface area contributed by atoms with Crippen molar-refractivity contribution in [1.82, 2.24) is 5.32 Å². The molecule has 106 valence electrons. The predicted octanol–water partition coefficient (Wildman–Crippen LogP) is 1.44. The summed E-state index contributed by atoms with van der Waals surface area (Å²) in [4.78, 5) is 12.0. The smallest absolute Gasteiger partial charge is 0.223 e. The van der Waals surface area contributed by atoms with Crippen molar-refractivity contribution in [1.29, 1.82) is 0 Å². The molecule has 1 amide bonds. The number of rotatable bonds is 6. The summed E-state index contributed by atoms with van der Waals surface area (Å²) in [5.74, 6) is 0.277. The van der Waals surface area contributed by atoms with Gasteiger partial charge in [-0.15, -0.1) is 0 Å². The van der Waals surface area contributed by atoms with Crippen LogP contribution in [0.2, 0.25) is 0 Å². The molecule has 0 aliphatic carbocycles. The molecular weight excluding hydrogens is 262 g/mol. The number of thiophene rings is 1. The number of carbonyl (C=O) groups excluding carboxylic acids is 1. The van der Waals surface area contributed by atoms with Gasteiger partial charge in [0.1, 0.15) is 0 Å². The van der Waals surface area contributed by atoms with Gasteiger partial charge in [0.2, 0.25) is 5.91 Å². The molecule has 2 heterocycles. The monoisotopic (exact) mass is 283 g/mol. The largest absolute Gasteiger partial charge is 0.396 e. The van der Waals surface area contributed by atoms with E-state index in [2.05, 4.69) is 16.8 Å². The standard InChI is InChI=1S/C14H21NO3S/c16-9-12(7-11-3-6-19-10-11)8-15-14(17)13-1-4-18-5-2-13/h3,6,10,12-13,16H,1-2,4-5,7-9H2,(H,15,17)/t12-/m0/s1. The van der Waals surface area contributed by atoms with Gasteiger partial charge in [-0.25, -0.2) is 0 Å². The van der Waals surface area contributed by atoms with Crippen LogP contribution in [0.3, 0.4) is 0 Å². The summed E-state index contributed by atoms with van der Waals surface area (Å²) in [6.45, 7) is 2.00. The van der Waals surface area contributed by atoms with Crippen molar-refractivity contribution in [2.75, 3.05) is 26.4 Å². The molecule has 1 aliphatic rings. The first-order valence-electron chi connectivity index (χ1n) is 6.77. The van der Waals surface area contributed by atoms with Crippen molar-refractivity contribution in [3.8, 4) is 0 Å². The average Bonchev–Trinajstić information content (AvgIpc) is 2.97. The summed E-state index contributed by atoms with van der Waals surface area (Å²) < 4.78 is 5.25. The number of aliphatic hydroxyl groups is 1.